The van der Waals surface area contributed by atoms with Crippen LogP contribution in [0.1, 0.15) is 79.2 Å². The number of rotatable bonds is 10. The maximum Gasteiger partial charge on any atom is 0.393 e. The van der Waals surface area contributed by atoms with Gasteiger partial charge in [0.2, 0.25) is 12.3 Å². The van der Waals surface area contributed by atoms with Crippen LogP contribution in [0.5, 0.6) is 0 Å². The molecular formula is C32H44F4N2O5S. The van der Waals surface area contributed by atoms with Gasteiger partial charge in [0, 0.05) is 23.6 Å². The van der Waals surface area contributed by atoms with Crippen molar-refractivity contribution in [2.24, 2.45) is 5.92 Å². The predicted molar refractivity (Wildman–Crippen MR) is 166 cm³/mol. The number of nitrogens with zero attached hydrogens (tertiary/aromatic N) is 1. The van der Waals surface area contributed by atoms with E-state index in [9.17, 15) is 31.9 Å². The summed E-state index contributed by atoms with van der Waals surface area (Å²) in [6, 6.07) is 11.3. The number of carbonyl (C=O) groups excluding carboxylic acids is 3. The number of halogens is 4. The number of fused-ring (bicyclic) bond motifs is 2. The molecular weight excluding hydrogens is 600 g/mol. The van der Waals surface area contributed by atoms with Gasteiger partial charge in [0.1, 0.15) is 6.67 Å². The van der Waals surface area contributed by atoms with Crippen LogP contribution >= 0.6 is 11.8 Å². The second kappa shape index (κ2) is 21.3. The molecule has 1 atom stereocenters. The van der Waals surface area contributed by atoms with Gasteiger partial charge in [-0.2, -0.15) is 13.2 Å². The Morgan fingerprint density at radius 2 is 1.59 bits per heavy atom. The fourth-order valence-corrected chi connectivity index (χ4v) is 4.94. The maximum absolute atomic E-state index is 12.6. The quantitative estimate of drug-likeness (QED) is 0.153. The van der Waals surface area contributed by atoms with Gasteiger partial charge in [0.25, 0.3) is 5.97 Å². The molecule has 1 aliphatic heterocycles. The number of benzene rings is 2. The second-order valence-corrected chi connectivity index (χ2v) is 11.4. The van der Waals surface area contributed by atoms with Gasteiger partial charge in [-0.1, -0.05) is 83.3 Å². The molecule has 3 rings (SSSR count). The van der Waals surface area contributed by atoms with Crippen molar-refractivity contribution >= 4 is 47.2 Å². The van der Waals surface area contributed by atoms with Crippen LogP contribution in [0.25, 0.3) is 0 Å². The Labute approximate surface area is 261 Å². The van der Waals surface area contributed by atoms with Crippen molar-refractivity contribution in [1.82, 2.24) is 5.32 Å². The number of Topliss-reactive ketones (excluding diaryl/α,β-unsaturated/α-hetero) is 1. The third-order valence-electron chi connectivity index (χ3n) is 5.89. The number of alkyl halides is 4. The van der Waals surface area contributed by atoms with Crippen molar-refractivity contribution in [3.63, 3.8) is 0 Å². The Morgan fingerprint density at radius 1 is 1.00 bits per heavy atom. The second-order valence-electron chi connectivity index (χ2n) is 10.3. The summed E-state index contributed by atoms with van der Waals surface area (Å²) < 4.78 is 49.4. The van der Waals surface area contributed by atoms with Crippen molar-refractivity contribution in [2.45, 2.75) is 102 Å². The molecule has 7 nitrogen and oxygen atoms in total. The van der Waals surface area contributed by atoms with E-state index in [-0.39, 0.29) is 11.5 Å². The summed E-state index contributed by atoms with van der Waals surface area (Å²) in [5, 5.41) is 9.63. The zero-order valence-electron chi connectivity index (χ0n) is 26.2. The SMILES string of the molecule is CC(=O)N1c2ccccc2Sc2ccc(CC(F)(F)F)cc21.CC(=O)O.CCC(NC=O)C(=O)CF.CCCCCC(C)C. The molecule has 2 aromatic carbocycles. The summed E-state index contributed by atoms with van der Waals surface area (Å²) in [6.45, 7) is 10.0. The van der Waals surface area contributed by atoms with E-state index in [1.807, 2.05) is 12.1 Å². The number of ketones is 1. The lowest BCUT2D eigenvalue weighted by atomic mass is 10.1. The molecule has 0 spiro atoms. The smallest absolute Gasteiger partial charge is 0.393 e. The van der Waals surface area contributed by atoms with Crippen molar-refractivity contribution in [3.05, 3.63) is 48.0 Å². The van der Waals surface area contributed by atoms with E-state index in [0.29, 0.717) is 24.2 Å². The molecule has 44 heavy (non-hydrogen) atoms. The van der Waals surface area contributed by atoms with Crippen molar-refractivity contribution < 1.29 is 41.8 Å². The van der Waals surface area contributed by atoms with Crippen LogP contribution in [0.4, 0.5) is 28.9 Å². The molecule has 0 saturated heterocycles. The van der Waals surface area contributed by atoms with Crippen LogP contribution in [0.2, 0.25) is 0 Å². The summed E-state index contributed by atoms with van der Waals surface area (Å²) in [5.41, 5.74) is 1.37. The molecule has 0 saturated carbocycles. The van der Waals surface area contributed by atoms with E-state index in [2.05, 4.69) is 26.1 Å². The minimum Gasteiger partial charge on any atom is -0.481 e. The summed E-state index contributed by atoms with van der Waals surface area (Å²) >= 11 is 1.46. The van der Waals surface area contributed by atoms with Crippen LogP contribution in [0.3, 0.4) is 0 Å². The van der Waals surface area contributed by atoms with Crippen LogP contribution in [0.15, 0.2) is 52.3 Å². The average molecular weight is 645 g/mol. The molecule has 12 heteroatoms. The predicted octanol–water partition coefficient (Wildman–Crippen LogP) is 8.30. The molecule has 0 bridgehead atoms. The van der Waals surface area contributed by atoms with Gasteiger partial charge < -0.3 is 10.4 Å². The number of para-hydroxylation sites is 1. The zero-order chi connectivity index (χ0) is 33.9. The fourth-order valence-electron chi connectivity index (χ4n) is 3.90. The van der Waals surface area contributed by atoms with Gasteiger partial charge in [-0.3, -0.25) is 24.1 Å². The monoisotopic (exact) mass is 644 g/mol. The van der Waals surface area contributed by atoms with E-state index in [1.165, 1.54) is 61.4 Å². The number of anilines is 2. The lowest BCUT2D eigenvalue weighted by Crippen LogP contribution is -2.36. The topological polar surface area (TPSA) is 104 Å². The lowest BCUT2D eigenvalue weighted by Gasteiger charge is -2.30. The number of carbonyl (C=O) groups is 4. The molecule has 1 aliphatic rings. The molecule has 2 amide bonds. The minimum absolute atomic E-state index is 0.150. The van der Waals surface area contributed by atoms with Crippen LogP contribution in [0, 0.1) is 5.92 Å². The number of hydrogen-bond donors (Lipinski definition) is 2. The summed E-state index contributed by atoms with van der Waals surface area (Å²) in [5.74, 6) is -0.727. The molecule has 0 fully saturated rings. The number of amides is 2. The molecule has 0 aromatic heterocycles. The number of nitrogens with one attached hydrogen (secondary N) is 1. The molecule has 1 heterocycles. The lowest BCUT2D eigenvalue weighted by molar-refractivity contribution is -0.134. The molecule has 1 unspecified atom stereocenters. The van der Waals surface area contributed by atoms with E-state index in [0.717, 1.165) is 22.6 Å². The number of carboxylic acids is 1. The van der Waals surface area contributed by atoms with E-state index >= 15 is 0 Å². The van der Waals surface area contributed by atoms with Gasteiger partial charge >= 0.3 is 6.18 Å². The molecule has 2 N–H and O–H groups in total. The van der Waals surface area contributed by atoms with Crippen LogP contribution < -0.4 is 10.2 Å². The number of carboxylic acid groups (broad SMARTS) is 1. The molecule has 2 aromatic rings. The normalized spacial score (nSPS) is 12.0. The Morgan fingerprint density at radius 3 is 2.07 bits per heavy atom. The van der Waals surface area contributed by atoms with Gasteiger partial charge in [0.15, 0.2) is 5.78 Å². The Bertz CT molecular complexity index is 1190. The van der Waals surface area contributed by atoms with E-state index < -0.39 is 37.1 Å². The first kappa shape index (κ1) is 40.6. The summed E-state index contributed by atoms with van der Waals surface area (Å²) in [4.78, 5) is 44.5. The Balaban J connectivity index is 0.000000699. The Kier molecular flexibility index (Phi) is 19.7. The first-order valence-electron chi connectivity index (χ1n) is 14.4. The highest BCUT2D eigenvalue weighted by Gasteiger charge is 2.30. The van der Waals surface area contributed by atoms with Crippen molar-refractivity contribution in [3.8, 4) is 0 Å². The van der Waals surface area contributed by atoms with Gasteiger partial charge in [-0.05, 0) is 42.2 Å². The molecule has 0 radical (unpaired) electrons. The number of aliphatic carboxylic acids is 1. The van der Waals surface area contributed by atoms with Gasteiger partial charge in [0.05, 0.1) is 23.8 Å². The van der Waals surface area contributed by atoms with Gasteiger partial charge in [-0.25, -0.2) is 4.39 Å². The van der Waals surface area contributed by atoms with Gasteiger partial charge in [-0.15, -0.1) is 0 Å². The minimum atomic E-state index is -4.27. The molecule has 246 valence electrons. The maximum atomic E-state index is 12.6. The van der Waals surface area contributed by atoms with Crippen molar-refractivity contribution in [1.29, 1.82) is 0 Å². The third kappa shape index (κ3) is 16.4. The molecule has 0 aliphatic carbocycles. The highest BCUT2D eigenvalue weighted by Crippen LogP contribution is 2.48. The first-order chi connectivity index (χ1) is 20.6. The van der Waals surface area contributed by atoms with Crippen molar-refractivity contribution in [2.75, 3.05) is 11.6 Å². The Hall–Kier alpha value is -3.41. The highest BCUT2D eigenvalue weighted by atomic mass is 32.2. The standard InChI is InChI=1S/C16H12F3NOS.C8H18.C6H10FNO2.C2H4O2/c1-10(21)20-12-4-2-3-5-14(12)22-15-7-6-11(8-13(15)20)9-16(17,18)19;1-4-5-6-7-8(2)3;1-2-5(8-4-9)6(10)3-7;1-2(3)4/h2-8H,9H2,1H3;8H,4-7H2,1-3H3;4-5H,2-3H2,1H3,(H,8,9);1H3,(H,3,4). The zero-order valence-corrected chi connectivity index (χ0v) is 27.0. The highest BCUT2D eigenvalue weighted by molar-refractivity contribution is 7.99. The number of unbranched alkanes of at least 4 members (excludes halogenated alkanes) is 2. The largest absolute Gasteiger partial charge is 0.481 e. The summed E-state index contributed by atoms with van der Waals surface area (Å²) in [7, 11) is 0. The van der Waals surface area contributed by atoms with E-state index in [4.69, 9.17) is 9.90 Å². The van der Waals surface area contributed by atoms with Crippen LogP contribution in [-0.4, -0.2) is 48.1 Å². The fraction of sp³-hybridized carbons (Fsp3) is 0.500. The summed E-state index contributed by atoms with van der Waals surface area (Å²) in [6.07, 6.45) is 1.17. The average Bonchev–Trinajstić information content (AvgIpc) is 2.93. The van der Waals surface area contributed by atoms with Crippen LogP contribution in [-0.2, 0) is 25.6 Å². The third-order valence-corrected chi connectivity index (χ3v) is 7.02. The number of hydrogen-bond acceptors (Lipinski definition) is 5. The first-order valence-corrected chi connectivity index (χ1v) is 15.2. The van der Waals surface area contributed by atoms with E-state index in [1.54, 1.807) is 25.1 Å².